The third-order valence-electron chi connectivity index (χ3n) is 2.97. The van der Waals surface area contributed by atoms with Crippen molar-refractivity contribution >= 4 is 22.9 Å². The Bertz CT molecular complexity index is 694. The third-order valence-corrected chi connectivity index (χ3v) is 4.20. The van der Waals surface area contributed by atoms with E-state index in [0.717, 1.165) is 35.7 Å². The summed E-state index contributed by atoms with van der Waals surface area (Å²) in [6.45, 7) is 0.732. The number of halogens is 1. The van der Waals surface area contributed by atoms with E-state index in [9.17, 15) is 0 Å². The van der Waals surface area contributed by atoms with Gasteiger partial charge in [-0.05, 0) is 11.6 Å². The van der Waals surface area contributed by atoms with Crippen molar-refractivity contribution in [3.8, 4) is 11.4 Å². The van der Waals surface area contributed by atoms with Gasteiger partial charge in [-0.25, -0.2) is 4.98 Å². The Kier molecular flexibility index (Phi) is 4.57. The molecule has 2 heterocycles. The van der Waals surface area contributed by atoms with Crippen LogP contribution in [0.4, 0.5) is 0 Å². The lowest BCUT2D eigenvalue weighted by atomic mass is 10.2. The molecule has 0 aliphatic carbocycles. The first-order chi connectivity index (χ1) is 10.3. The third kappa shape index (κ3) is 3.65. The minimum atomic E-state index is 0.474. The molecular weight excluding hydrogens is 306 g/mol. The molecule has 108 valence electrons. The minimum absolute atomic E-state index is 0.474. The van der Waals surface area contributed by atoms with E-state index in [4.69, 9.17) is 11.6 Å². The van der Waals surface area contributed by atoms with E-state index in [1.807, 2.05) is 35.7 Å². The van der Waals surface area contributed by atoms with Gasteiger partial charge in [0.25, 0.3) is 0 Å². The predicted octanol–water partition coefficient (Wildman–Crippen LogP) is 3.17. The molecule has 0 aliphatic rings. The molecule has 3 rings (SSSR count). The molecule has 0 amide bonds. The molecule has 0 fully saturated rings. The van der Waals surface area contributed by atoms with E-state index in [1.54, 1.807) is 16.1 Å². The summed E-state index contributed by atoms with van der Waals surface area (Å²) >= 11 is 7.39. The number of thiazole rings is 1. The van der Waals surface area contributed by atoms with E-state index in [1.165, 1.54) is 0 Å². The highest BCUT2D eigenvalue weighted by Crippen LogP contribution is 2.14. The summed E-state index contributed by atoms with van der Waals surface area (Å²) in [7, 11) is 0. The highest BCUT2D eigenvalue weighted by Gasteiger charge is 2.06. The standard InChI is InChI=1S/C14H14ClN5S/c15-9-12-10-21-13(16-12)7-4-8-20-18-14(17-19-20)11-5-2-1-3-6-11/h1-3,5-6,10H,4,7-9H2. The SMILES string of the molecule is ClCc1csc(CCCn2nnc(-c3ccccc3)n2)n1. The maximum absolute atomic E-state index is 5.74. The molecule has 1 aromatic carbocycles. The largest absolute Gasteiger partial charge is 0.245 e. The second kappa shape index (κ2) is 6.78. The van der Waals surface area contributed by atoms with Crippen molar-refractivity contribution in [1.29, 1.82) is 0 Å². The van der Waals surface area contributed by atoms with Gasteiger partial charge in [-0.3, -0.25) is 0 Å². The first-order valence-corrected chi connectivity index (χ1v) is 8.09. The van der Waals surface area contributed by atoms with Gasteiger partial charge in [-0.2, -0.15) is 4.80 Å². The smallest absolute Gasteiger partial charge is 0.204 e. The number of aromatic nitrogens is 5. The molecule has 0 bridgehead atoms. The van der Waals surface area contributed by atoms with Crippen LogP contribution in [0.2, 0.25) is 0 Å². The van der Waals surface area contributed by atoms with Gasteiger partial charge in [0, 0.05) is 17.4 Å². The van der Waals surface area contributed by atoms with Crippen LogP contribution in [-0.4, -0.2) is 25.2 Å². The average Bonchev–Trinajstić information content (AvgIpc) is 3.17. The van der Waals surface area contributed by atoms with Crippen LogP contribution in [0.15, 0.2) is 35.7 Å². The molecule has 0 unspecified atom stereocenters. The monoisotopic (exact) mass is 319 g/mol. The molecule has 0 atom stereocenters. The highest BCUT2D eigenvalue weighted by atomic mass is 35.5. The van der Waals surface area contributed by atoms with E-state index in [-0.39, 0.29) is 0 Å². The summed E-state index contributed by atoms with van der Waals surface area (Å²) in [6.07, 6.45) is 1.84. The Morgan fingerprint density at radius 3 is 2.81 bits per heavy atom. The zero-order valence-electron chi connectivity index (χ0n) is 11.3. The Labute approximate surface area is 131 Å². The van der Waals surface area contributed by atoms with Crippen molar-refractivity contribution in [2.24, 2.45) is 0 Å². The maximum atomic E-state index is 5.74. The molecule has 21 heavy (non-hydrogen) atoms. The van der Waals surface area contributed by atoms with Crippen LogP contribution < -0.4 is 0 Å². The lowest BCUT2D eigenvalue weighted by Gasteiger charge is -1.97. The summed E-state index contributed by atoms with van der Waals surface area (Å²) in [6, 6.07) is 9.85. The number of benzene rings is 1. The fourth-order valence-electron chi connectivity index (χ4n) is 1.94. The van der Waals surface area contributed by atoms with Crippen molar-refractivity contribution < 1.29 is 0 Å². The first-order valence-electron chi connectivity index (χ1n) is 6.67. The van der Waals surface area contributed by atoms with Crippen LogP contribution in [0.5, 0.6) is 0 Å². The number of hydrogen-bond donors (Lipinski definition) is 0. The quantitative estimate of drug-likeness (QED) is 0.655. The lowest BCUT2D eigenvalue weighted by molar-refractivity contribution is 0.500. The van der Waals surface area contributed by atoms with Crippen LogP contribution >= 0.6 is 22.9 Å². The van der Waals surface area contributed by atoms with Gasteiger partial charge >= 0.3 is 0 Å². The summed E-state index contributed by atoms with van der Waals surface area (Å²) in [5, 5.41) is 15.7. The molecule has 0 N–H and O–H groups in total. The Morgan fingerprint density at radius 2 is 2.05 bits per heavy atom. The zero-order chi connectivity index (χ0) is 14.5. The van der Waals surface area contributed by atoms with Gasteiger partial charge in [0.15, 0.2) is 0 Å². The van der Waals surface area contributed by atoms with Crippen molar-refractivity contribution in [3.05, 3.63) is 46.4 Å². The topological polar surface area (TPSA) is 56.5 Å². The van der Waals surface area contributed by atoms with Crippen LogP contribution in [-0.2, 0) is 18.8 Å². The molecule has 0 radical (unpaired) electrons. The van der Waals surface area contributed by atoms with Gasteiger partial charge < -0.3 is 0 Å². The highest BCUT2D eigenvalue weighted by molar-refractivity contribution is 7.09. The average molecular weight is 320 g/mol. The second-order valence-corrected chi connectivity index (χ2v) is 5.75. The minimum Gasteiger partial charge on any atom is -0.245 e. The molecule has 0 spiro atoms. The molecule has 5 nitrogen and oxygen atoms in total. The zero-order valence-corrected chi connectivity index (χ0v) is 12.9. The number of rotatable bonds is 6. The number of tetrazole rings is 1. The molecule has 2 aromatic heterocycles. The summed E-state index contributed by atoms with van der Waals surface area (Å²) < 4.78 is 0. The fraction of sp³-hybridized carbons (Fsp3) is 0.286. The van der Waals surface area contributed by atoms with Gasteiger partial charge in [0.1, 0.15) is 0 Å². The van der Waals surface area contributed by atoms with Crippen LogP contribution in [0.1, 0.15) is 17.1 Å². The summed E-state index contributed by atoms with van der Waals surface area (Å²) in [5.41, 5.74) is 1.93. The summed E-state index contributed by atoms with van der Waals surface area (Å²) in [5.74, 6) is 1.14. The maximum Gasteiger partial charge on any atom is 0.204 e. The van der Waals surface area contributed by atoms with Crippen molar-refractivity contribution in [2.75, 3.05) is 0 Å². The molecular formula is C14H14ClN5S. The van der Waals surface area contributed by atoms with Crippen LogP contribution in [0.3, 0.4) is 0 Å². The van der Waals surface area contributed by atoms with Crippen LogP contribution in [0, 0.1) is 0 Å². The van der Waals surface area contributed by atoms with Gasteiger partial charge in [-0.15, -0.1) is 33.1 Å². The molecule has 0 saturated carbocycles. The van der Waals surface area contributed by atoms with Gasteiger partial charge in [0.05, 0.1) is 23.1 Å². The van der Waals surface area contributed by atoms with E-state index < -0.39 is 0 Å². The normalized spacial score (nSPS) is 10.9. The van der Waals surface area contributed by atoms with Gasteiger partial charge in [0.2, 0.25) is 5.82 Å². The van der Waals surface area contributed by atoms with Crippen molar-refractivity contribution in [3.63, 3.8) is 0 Å². The van der Waals surface area contributed by atoms with Gasteiger partial charge in [-0.1, -0.05) is 30.3 Å². The molecule has 7 heteroatoms. The van der Waals surface area contributed by atoms with Crippen LogP contribution in [0.25, 0.3) is 11.4 Å². The Morgan fingerprint density at radius 1 is 1.19 bits per heavy atom. The number of alkyl halides is 1. The van der Waals surface area contributed by atoms with E-state index in [0.29, 0.717) is 11.7 Å². The molecule has 0 saturated heterocycles. The van der Waals surface area contributed by atoms with E-state index in [2.05, 4.69) is 20.4 Å². The summed E-state index contributed by atoms with van der Waals surface area (Å²) in [4.78, 5) is 6.07. The number of aryl methyl sites for hydroxylation is 2. The lowest BCUT2D eigenvalue weighted by Crippen LogP contribution is -2.03. The fourth-order valence-corrected chi connectivity index (χ4v) is 3.01. The van der Waals surface area contributed by atoms with E-state index >= 15 is 0 Å². The number of hydrogen-bond acceptors (Lipinski definition) is 5. The van der Waals surface area contributed by atoms with Crippen molar-refractivity contribution in [2.45, 2.75) is 25.3 Å². The Balaban J connectivity index is 1.55. The van der Waals surface area contributed by atoms with Crippen molar-refractivity contribution in [1.82, 2.24) is 25.2 Å². The molecule has 3 aromatic rings. The second-order valence-electron chi connectivity index (χ2n) is 4.54. The Hall–Kier alpha value is -1.79. The predicted molar refractivity (Wildman–Crippen MR) is 83.2 cm³/mol. The molecule has 0 aliphatic heterocycles. The first kappa shape index (κ1) is 14.2. The number of nitrogens with zero attached hydrogens (tertiary/aromatic N) is 5.